The quantitative estimate of drug-likeness (QED) is 0.867. The van der Waals surface area contributed by atoms with Gasteiger partial charge < -0.3 is 10.2 Å². The fourth-order valence-corrected chi connectivity index (χ4v) is 2.49. The van der Waals surface area contributed by atoms with E-state index >= 15 is 0 Å². The number of aryl methyl sites for hydroxylation is 1. The first-order chi connectivity index (χ1) is 8.03. The molecule has 4 nitrogen and oxygen atoms in total. The minimum Gasteiger partial charge on any atom is -0.336 e. The second kappa shape index (κ2) is 4.61. The van der Waals surface area contributed by atoms with Crippen LogP contribution in [-0.4, -0.2) is 29.1 Å². The molecule has 0 atom stereocenters. The van der Waals surface area contributed by atoms with E-state index in [0.29, 0.717) is 0 Å². The van der Waals surface area contributed by atoms with E-state index in [4.69, 9.17) is 0 Å². The van der Waals surface area contributed by atoms with Crippen molar-refractivity contribution in [2.24, 2.45) is 0 Å². The summed E-state index contributed by atoms with van der Waals surface area (Å²) < 4.78 is 0. The Balaban J connectivity index is 2.31. The van der Waals surface area contributed by atoms with E-state index in [1.54, 1.807) is 0 Å². The smallest absolute Gasteiger partial charge is 0.226 e. The van der Waals surface area contributed by atoms with Gasteiger partial charge in [-0.2, -0.15) is 0 Å². The molecule has 0 aromatic carbocycles. The molecule has 4 heteroatoms. The highest BCUT2D eigenvalue weighted by atomic mass is 15.3. The van der Waals surface area contributed by atoms with Crippen molar-refractivity contribution in [1.82, 2.24) is 15.3 Å². The third-order valence-electron chi connectivity index (χ3n) is 3.40. The van der Waals surface area contributed by atoms with Crippen molar-refractivity contribution in [2.45, 2.75) is 45.7 Å². The predicted molar refractivity (Wildman–Crippen MR) is 70.2 cm³/mol. The lowest BCUT2D eigenvalue weighted by Gasteiger charge is -2.32. The van der Waals surface area contributed by atoms with Crippen molar-refractivity contribution in [2.75, 3.05) is 18.5 Å². The Morgan fingerprint density at radius 3 is 2.76 bits per heavy atom. The van der Waals surface area contributed by atoms with Crippen LogP contribution in [0.2, 0.25) is 0 Å². The Morgan fingerprint density at radius 2 is 2.18 bits per heavy atom. The highest BCUT2D eigenvalue weighted by molar-refractivity contribution is 5.38. The first-order valence-electron chi connectivity index (χ1n) is 6.30. The minimum absolute atomic E-state index is 0.185. The van der Waals surface area contributed by atoms with Gasteiger partial charge in [-0.15, -0.1) is 0 Å². The van der Waals surface area contributed by atoms with Crippen LogP contribution in [0.5, 0.6) is 0 Å². The van der Waals surface area contributed by atoms with Gasteiger partial charge in [-0.05, 0) is 46.7 Å². The minimum atomic E-state index is 0.185. The summed E-state index contributed by atoms with van der Waals surface area (Å²) in [6.45, 7) is 8.43. The van der Waals surface area contributed by atoms with Gasteiger partial charge in [0.1, 0.15) is 0 Å². The fourth-order valence-electron chi connectivity index (χ4n) is 2.49. The normalized spacial score (nSPS) is 18.7. The summed E-state index contributed by atoms with van der Waals surface area (Å²) in [5.74, 6) is 0.887. The molecule has 0 amide bonds. The second-order valence-corrected chi connectivity index (χ2v) is 5.40. The van der Waals surface area contributed by atoms with Crippen LogP contribution in [0.15, 0.2) is 6.07 Å². The van der Waals surface area contributed by atoms with Gasteiger partial charge in [0, 0.05) is 24.3 Å². The molecule has 1 aromatic heterocycles. The molecule has 0 saturated carbocycles. The Bertz CT molecular complexity index is 400. The Morgan fingerprint density at radius 1 is 1.41 bits per heavy atom. The van der Waals surface area contributed by atoms with E-state index in [2.05, 4.69) is 34.0 Å². The van der Waals surface area contributed by atoms with Crippen LogP contribution in [0.4, 0.5) is 5.95 Å². The van der Waals surface area contributed by atoms with E-state index < -0.39 is 0 Å². The second-order valence-electron chi connectivity index (χ2n) is 5.40. The zero-order chi connectivity index (χ0) is 12.5. The molecular weight excluding hydrogens is 212 g/mol. The molecule has 1 saturated heterocycles. The van der Waals surface area contributed by atoms with Crippen molar-refractivity contribution in [3.05, 3.63) is 17.5 Å². The number of nitrogens with zero attached hydrogens (tertiary/aromatic N) is 3. The molecule has 1 N–H and O–H groups in total. The molecule has 0 aliphatic carbocycles. The van der Waals surface area contributed by atoms with Gasteiger partial charge in [0.25, 0.3) is 0 Å². The van der Waals surface area contributed by atoms with E-state index in [9.17, 15) is 0 Å². The van der Waals surface area contributed by atoms with Crippen LogP contribution in [0.1, 0.15) is 38.1 Å². The average Bonchev–Trinajstić information content (AvgIpc) is 2.57. The number of rotatable bonds is 3. The zero-order valence-electron chi connectivity index (χ0n) is 11.2. The van der Waals surface area contributed by atoms with E-state index in [1.807, 2.05) is 20.0 Å². The summed E-state index contributed by atoms with van der Waals surface area (Å²) in [6.07, 6.45) is 2.44. The van der Waals surface area contributed by atoms with Crippen LogP contribution in [0, 0.1) is 6.92 Å². The standard InChI is InChI=1S/C13H22N4/c1-10-8-11(9-14-4)16-12(15-10)17-7-5-6-13(17,2)3/h8,14H,5-7,9H2,1-4H3. The molecular formula is C13H22N4. The van der Waals surface area contributed by atoms with Gasteiger partial charge >= 0.3 is 0 Å². The van der Waals surface area contributed by atoms with Crippen LogP contribution in [0.25, 0.3) is 0 Å². The van der Waals surface area contributed by atoms with Crippen LogP contribution >= 0.6 is 0 Å². The van der Waals surface area contributed by atoms with Gasteiger partial charge in [0.2, 0.25) is 5.95 Å². The molecule has 0 unspecified atom stereocenters. The lowest BCUT2D eigenvalue weighted by atomic mass is 10.0. The highest BCUT2D eigenvalue weighted by Gasteiger charge is 2.33. The summed E-state index contributed by atoms with van der Waals surface area (Å²) >= 11 is 0. The third kappa shape index (κ3) is 2.57. The average molecular weight is 234 g/mol. The van der Waals surface area contributed by atoms with E-state index in [1.165, 1.54) is 12.8 Å². The summed E-state index contributed by atoms with van der Waals surface area (Å²) in [5.41, 5.74) is 2.30. The van der Waals surface area contributed by atoms with Gasteiger partial charge in [0.05, 0.1) is 5.69 Å². The number of anilines is 1. The summed E-state index contributed by atoms with van der Waals surface area (Å²) in [7, 11) is 1.94. The fraction of sp³-hybridized carbons (Fsp3) is 0.692. The zero-order valence-corrected chi connectivity index (χ0v) is 11.2. The topological polar surface area (TPSA) is 41.1 Å². The Kier molecular flexibility index (Phi) is 3.33. The first kappa shape index (κ1) is 12.3. The molecule has 0 bridgehead atoms. The number of hydrogen-bond donors (Lipinski definition) is 1. The first-order valence-corrected chi connectivity index (χ1v) is 6.30. The monoisotopic (exact) mass is 234 g/mol. The van der Waals surface area contributed by atoms with Gasteiger partial charge in [-0.1, -0.05) is 0 Å². The molecule has 1 aromatic rings. The Hall–Kier alpha value is -1.16. The molecule has 1 fully saturated rings. The van der Waals surface area contributed by atoms with E-state index in [-0.39, 0.29) is 5.54 Å². The van der Waals surface area contributed by atoms with Gasteiger partial charge in [-0.25, -0.2) is 9.97 Å². The number of hydrogen-bond acceptors (Lipinski definition) is 4. The SMILES string of the molecule is CNCc1cc(C)nc(N2CCCC2(C)C)n1. The van der Waals surface area contributed by atoms with Crippen LogP contribution in [0.3, 0.4) is 0 Å². The molecule has 2 heterocycles. The largest absolute Gasteiger partial charge is 0.336 e. The van der Waals surface area contributed by atoms with E-state index in [0.717, 1.165) is 30.4 Å². The predicted octanol–water partition coefficient (Wildman–Crippen LogP) is 1.88. The van der Waals surface area contributed by atoms with Gasteiger partial charge in [-0.3, -0.25) is 0 Å². The molecule has 17 heavy (non-hydrogen) atoms. The van der Waals surface area contributed by atoms with Crippen molar-refractivity contribution >= 4 is 5.95 Å². The van der Waals surface area contributed by atoms with Gasteiger partial charge in [0.15, 0.2) is 0 Å². The summed E-state index contributed by atoms with van der Waals surface area (Å²) in [6, 6.07) is 2.04. The van der Waals surface area contributed by atoms with Crippen LogP contribution < -0.4 is 10.2 Å². The van der Waals surface area contributed by atoms with Crippen molar-refractivity contribution in [1.29, 1.82) is 0 Å². The Labute approximate surface area is 103 Å². The molecule has 1 aliphatic rings. The summed E-state index contributed by atoms with van der Waals surface area (Å²) in [4.78, 5) is 11.6. The van der Waals surface area contributed by atoms with Crippen LogP contribution in [-0.2, 0) is 6.54 Å². The molecule has 2 rings (SSSR count). The molecule has 94 valence electrons. The maximum absolute atomic E-state index is 4.65. The maximum atomic E-state index is 4.65. The lowest BCUT2D eigenvalue weighted by Crippen LogP contribution is -2.39. The number of aromatic nitrogens is 2. The summed E-state index contributed by atoms with van der Waals surface area (Å²) in [5, 5.41) is 3.14. The third-order valence-corrected chi connectivity index (χ3v) is 3.40. The lowest BCUT2D eigenvalue weighted by molar-refractivity contribution is 0.508. The molecule has 0 spiro atoms. The highest BCUT2D eigenvalue weighted by Crippen LogP contribution is 2.31. The van der Waals surface area contributed by atoms with Crippen molar-refractivity contribution in [3.63, 3.8) is 0 Å². The molecule has 0 radical (unpaired) electrons. The number of nitrogens with one attached hydrogen (secondary N) is 1. The van der Waals surface area contributed by atoms with Crippen molar-refractivity contribution < 1.29 is 0 Å². The molecule has 1 aliphatic heterocycles. The van der Waals surface area contributed by atoms with Crippen molar-refractivity contribution in [3.8, 4) is 0 Å². The maximum Gasteiger partial charge on any atom is 0.226 e.